The summed E-state index contributed by atoms with van der Waals surface area (Å²) in [4.78, 5) is 11.6. The van der Waals surface area contributed by atoms with Crippen molar-refractivity contribution in [1.29, 1.82) is 0 Å². The minimum atomic E-state index is 0.566. The summed E-state index contributed by atoms with van der Waals surface area (Å²) in [5.74, 6) is 0.913. The Labute approximate surface area is 298 Å². The molecule has 1 N–H and O–H groups in total. The van der Waals surface area contributed by atoms with E-state index < -0.39 is 0 Å². The highest BCUT2D eigenvalue weighted by Crippen LogP contribution is 2.31. The minimum absolute atomic E-state index is 0.566. The van der Waals surface area contributed by atoms with E-state index in [4.69, 9.17) is 0 Å². The third-order valence-electron chi connectivity index (χ3n) is 12.5. The first-order valence-electron chi connectivity index (χ1n) is 20.1. The number of rotatable bonds is 14. The quantitative estimate of drug-likeness (QED) is 0.206. The Kier molecular flexibility index (Phi) is 12.9. The lowest BCUT2D eigenvalue weighted by Crippen LogP contribution is -2.60. The van der Waals surface area contributed by atoms with Crippen LogP contribution >= 0.6 is 0 Å². The average Bonchev–Trinajstić information content (AvgIpc) is 3.59. The summed E-state index contributed by atoms with van der Waals surface area (Å²) >= 11 is 0. The number of nitrogens with one attached hydrogen (secondary N) is 1. The standard InChI is InChI=1S/C44H63N5/c1-5-14-37(15-6-1)23-26-46-28-29-49(35-43(46)31-39-18-9-3-10-19-39)44(32-40-20-11-4-12-21-40)36-47-25-13-22-41(47)34-48-27-24-45-33-42(48)30-38-16-7-2-8-17-38/h1-2,4-8,11-12,14-17,20-21,39,41-45H,3,9-10,13,18-19,22-36H2/t41?,42-,43-,44-/m0/s1. The Hall–Kier alpha value is -2.54. The molecule has 4 aliphatic rings. The van der Waals surface area contributed by atoms with Crippen LogP contribution in [0.15, 0.2) is 91.0 Å². The normalized spacial score (nSPS) is 25.8. The second-order valence-electron chi connectivity index (χ2n) is 15.8. The first kappa shape index (κ1) is 34.9. The van der Waals surface area contributed by atoms with Gasteiger partial charge in [0, 0.05) is 83.1 Å². The molecule has 3 aromatic rings. The summed E-state index contributed by atoms with van der Waals surface area (Å²) in [6.45, 7) is 11.9. The van der Waals surface area contributed by atoms with Gasteiger partial charge in [0.25, 0.3) is 0 Å². The summed E-state index contributed by atoms with van der Waals surface area (Å²) in [5.41, 5.74) is 4.46. The molecule has 49 heavy (non-hydrogen) atoms. The third-order valence-corrected chi connectivity index (χ3v) is 12.5. The highest BCUT2D eigenvalue weighted by molar-refractivity contribution is 5.18. The topological polar surface area (TPSA) is 25.0 Å². The van der Waals surface area contributed by atoms with Crippen molar-refractivity contribution in [2.24, 2.45) is 5.92 Å². The largest absolute Gasteiger partial charge is 0.314 e. The van der Waals surface area contributed by atoms with Gasteiger partial charge in [-0.15, -0.1) is 0 Å². The molecule has 3 aliphatic heterocycles. The zero-order chi connectivity index (χ0) is 33.1. The van der Waals surface area contributed by atoms with Gasteiger partial charge in [-0.1, -0.05) is 123 Å². The molecule has 0 amide bonds. The van der Waals surface area contributed by atoms with E-state index in [2.05, 4.69) is 116 Å². The molecule has 1 saturated carbocycles. The van der Waals surface area contributed by atoms with E-state index in [0.717, 1.165) is 31.8 Å². The predicted octanol–water partition coefficient (Wildman–Crippen LogP) is 6.78. The average molecular weight is 662 g/mol. The molecule has 1 aliphatic carbocycles. The SMILES string of the molecule is c1ccc(CCN2CCN([C@@H](Cc3ccccc3)CN3CCCC3CN3CCNC[C@@H]3Cc3ccccc3)C[C@@H]2CC2CCCCC2)cc1. The molecule has 1 unspecified atom stereocenters. The maximum absolute atomic E-state index is 3.71. The molecule has 5 heteroatoms. The Morgan fingerprint density at radius 3 is 2.08 bits per heavy atom. The van der Waals surface area contributed by atoms with Crippen molar-refractivity contribution in [3.8, 4) is 0 Å². The number of likely N-dealkylation sites (tertiary alicyclic amines) is 1. The molecule has 4 atom stereocenters. The van der Waals surface area contributed by atoms with Crippen LogP contribution in [-0.4, -0.2) is 109 Å². The van der Waals surface area contributed by atoms with Crippen molar-refractivity contribution in [3.05, 3.63) is 108 Å². The van der Waals surface area contributed by atoms with Gasteiger partial charge >= 0.3 is 0 Å². The molecule has 3 saturated heterocycles. The van der Waals surface area contributed by atoms with Gasteiger partial charge in [-0.2, -0.15) is 0 Å². The van der Waals surface area contributed by atoms with E-state index >= 15 is 0 Å². The van der Waals surface area contributed by atoms with Crippen molar-refractivity contribution in [3.63, 3.8) is 0 Å². The Bertz CT molecular complexity index is 1350. The van der Waals surface area contributed by atoms with E-state index in [1.54, 1.807) is 0 Å². The zero-order valence-electron chi connectivity index (χ0n) is 30.2. The second kappa shape index (κ2) is 18.1. The monoisotopic (exact) mass is 662 g/mol. The van der Waals surface area contributed by atoms with Crippen LogP contribution in [0.5, 0.6) is 0 Å². The minimum Gasteiger partial charge on any atom is -0.314 e. The Balaban J connectivity index is 1.04. The molecule has 3 aromatic carbocycles. The van der Waals surface area contributed by atoms with Gasteiger partial charge in [-0.25, -0.2) is 0 Å². The summed E-state index contributed by atoms with van der Waals surface area (Å²) in [6, 6.07) is 36.3. The van der Waals surface area contributed by atoms with Crippen LogP contribution in [0, 0.1) is 5.92 Å². The van der Waals surface area contributed by atoms with E-state index in [1.165, 1.54) is 127 Å². The molecule has 4 fully saturated rings. The highest BCUT2D eigenvalue weighted by Gasteiger charge is 2.36. The molecule has 0 radical (unpaired) electrons. The maximum atomic E-state index is 3.71. The van der Waals surface area contributed by atoms with E-state index in [-0.39, 0.29) is 0 Å². The molecule has 0 bridgehead atoms. The lowest BCUT2D eigenvalue weighted by atomic mass is 9.83. The van der Waals surface area contributed by atoms with E-state index in [1.807, 2.05) is 0 Å². The van der Waals surface area contributed by atoms with Crippen molar-refractivity contribution in [1.82, 2.24) is 24.9 Å². The van der Waals surface area contributed by atoms with Crippen LogP contribution in [0.1, 0.15) is 68.1 Å². The van der Waals surface area contributed by atoms with Crippen molar-refractivity contribution >= 4 is 0 Å². The Morgan fingerprint density at radius 1 is 0.612 bits per heavy atom. The Morgan fingerprint density at radius 2 is 1.33 bits per heavy atom. The fourth-order valence-corrected chi connectivity index (χ4v) is 9.70. The van der Waals surface area contributed by atoms with E-state index in [9.17, 15) is 0 Å². The molecule has 0 spiro atoms. The van der Waals surface area contributed by atoms with Crippen LogP contribution in [0.3, 0.4) is 0 Å². The van der Waals surface area contributed by atoms with Gasteiger partial charge in [-0.3, -0.25) is 19.6 Å². The first-order valence-corrected chi connectivity index (χ1v) is 20.1. The number of hydrogen-bond donors (Lipinski definition) is 1. The summed E-state index contributed by atoms with van der Waals surface area (Å²) in [6.07, 6.45) is 14.8. The van der Waals surface area contributed by atoms with Gasteiger partial charge in [0.1, 0.15) is 0 Å². The predicted molar refractivity (Wildman–Crippen MR) is 205 cm³/mol. The summed E-state index contributed by atoms with van der Waals surface area (Å²) in [5, 5.41) is 3.71. The van der Waals surface area contributed by atoms with E-state index in [0.29, 0.717) is 24.2 Å². The lowest BCUT2D eigenvalue weighted by molar-refractivity contribution is 0.0195. The molecule has 264 valence electrons. The maximum Gasteiger partial charge on any atom is 0.0264 e. The zero-order valence-corrected chi connectivity index (χ0v) is 30.2. The summed E-state index contributed by atoms with van der Waals surface area (Å²) in [7, 11) is 0. The smallest absolute Gasteiger partial charge is 0.0264 e. The van der Waals surface area contributed by atoms with Crippen molar-refractivity contribution in [2.75, 3.05) is 65.4 Å². The summed E-state index contributed by atoms with van der Waals surface area (Å²) < 4.78 is 0. The number of benzene rings is 3. The van der Waals surface area contributed by atoms with Crippen LogP contribution in [-0.2, 0) is 19.3 Å². The number of nitrogens with zero attached hydrogens (tertiary/aromatic N) is 4. The molecule has 7 rings (SSSR count). The fourth-order valence-electron chi connectivity index (χ4n) is 9.70. The molecule has 5 nitrogen and oxygen atoms in total. The van der Waals surface area contributed by atoms with Gasteiger partial charge in [-0.05, 0) is 67.7 Å². The molecule has 0 aromatic heterocycles. The van der Waals surface area contributed by atoms with Crippen LogP contribution in [0.2, 0.25) is 0 Å². The fraction of sp³-hybridized carbons (Fsp3) is 0.591. The van der Waals surface area contributed by atoms with Crippen molar-refractivity contribution < 1.29 is 0 Å². The van der Waals surface area contributed by atoms with Gasteiger partial charge in [0.05, 0.1) is 0 Å². The van der Waals surface area contributed by atoms with Crippen LogP contribution in [0.4, 0.5) is 0 Å². The van der Waals surface area contributed by atoms with Crippen LogP contribution < -0.4 is 5.32 Å². The second-order valence-corrected chi connectivity index (χ2v) is 15.8. The lowest BCUT2D eigenvalue weighted by Gasteiger charge is -2.47. The number of piperazine rings is 2. The third kappa shape index (κ3) is 10.0. The van der Waals surface area contributed by atoms with Gasteiger partial charge < -0.3 is 5.32 Å². The van der Waals surface area contributed by atoms with Crippen molar-refractivity contribution in [2.45, 2.75) is 94.8 Å². The molecular weight excluding hydrogens is 599 g/mol. The molecular formula is C44H63N5. The highest BCUT2D eigenvalue weighted by atomic mass is 15.3. The van der Waals surface area contributed by atoms with Crippen LogP contribution in [0.25, 0.3) is 0 Å². The first-order chi connectivity index (χ1) is 24.3. The van der Waals surface area contributed by atoms with Gasteiger partial charge in [0.2, 0.25) is 0 Å². The number of hydrogen-bond acceptors (Lipinski definition) is 5. The molecule has 3 heterocycles. The van der Waals surface area contributed by atoms with Gasteiger partial charge in [0.15, 0.2) is 0 Å².